The number of nitrogens with zero attached hydrogens (tertiary/aromatic N) is 1. The fourth-order valence-electron chi connectivity index (χ4n) is 1.41. The summed E-state index contributed by atoms with van der Waals surface area (Å²) in [7, 11) is 0. The van der Waals surface area contributed by atoms with Crippen LogP contribution in [0, 0.1) is 5.92 Å². The van der Waals surface area contributed by atoms with Crippen LogP contribution in [0.25, 0.3) is 0 Å². The summed E-state index contributed by atoms with van der Waals surface area (Å²) in [5, 5.41) is 9.04. The Morgan fingerprint density at radius 3 is 2.35 bits per heavy atom. The molecule has 17 heavy (non-hydrogen) atoms. The highest BCUT2D eigenvalue weighted by atomic mass is 16.4. The van der Waals surface area contributed by atoms with Gasteiger partial charge in [0.1, 0.15) is 0 Å². The molecule has 4 nitrogen and oxygen atoms in total. The second-order valence-electron chi connectivity index (χ2n) is 3.87. The van der Waals surface area contributed by atoms with E-state index in [1.54, 1.807) is 0 Å². The van der Waals surface area contributed by atoms with Gasteiger partial charge in [-0.2, -0.15) is 0 Å². The molecule has 1 rings (SSSR count). The molecule has 0 unspecified atom stereocenters. The number of carboxylic acid groups (broad SMARTS) is 1. The van der Waals surface area contributed by atoms with Crippen molar-refractivity contribution in [3.63, 3.8) is 0 Å². The number of rotatable bonds is 4. The van der Waals surface area contributed by atoms with Gasteiger partial charge in [0.25, 0.3) is 0 Å². The topological polar surface area (TPSA) is 75.7 Å². The van der Waals surface area contributed by atoms with Crippen molar-refractivity contribution in [3.8, 4) is 0 Å². The lowest BCUT2D eigenvalue weighted by molar-refractivity contribution is -0.132. The van der Waals surface area contributed by atoms with Gasteiger partial charge >= 0.3 is 5.97 Å². The van der Waals surface area contributed by atoms with Crippen molar-refractivity contribution < 1.29 is 9.90 Å². The highest BCUT2D eigenvalue weighted by Crippen LogP contribution is 2.16. The van der Waals surface area contributed by atoms with Crippen LogP contribution in [0.1, 0.15) is 13.8 Å². The highest BCUT2D eigenvalue weighted by molar-refractivity contribution is 6.20. The summed E-state index contributed by atoms with van der Waals surface area (Å²) in [4.78, 5) is 15.4. The predicted molar refractivity (Wildman–Crippen MR) is 68.3 cm³/mol. The summed E-state index contributed by atoms with van der Waals surface area (Å²) in [6.45, 7) is 3.77. The SMILES string of the molecule is CC(C)C(=Nc1ccccc1)C(=CN)C(=O)O. The quantitative estimate of drug-likeness (QED) is 0.618. The smallest absolute Gasteiger partial charge is 0.339 e. The number of nitrogens with two attached hydrogens (primary N) is 1. The van der Waals surface area contributed by atoms with Gasteiger partial charge in [0.2, 0.25) is 0 Å². The lowest BCUT2D eigenvalue weighted by Gasteiger charge is -2.10. The van der Waals surface area contributed by atoms with Gasteiger partial charge in [-0.25, -0.2) is 4.79 Å². The second kappa shape index (κ2) is 5.84. The summed E-state index contributed by atoms with van der Waals surface area (Å²) in [6, 6.07) is 9.22. The number of carboxylic acids is 1. The van der Waals surface area contributed by atoms with Crippen LogP contribution in [0.5, 0.6) is 0 Å². The van der Waals surface area contributed by atoms with Crippen molar-refractivity contribution in [1.82, 2.24) is 0 Å². The fourth-order valence-corrected chi connectivity index (χ4v) is 1.41. The van der Waals surface area contributed by atoms with Gasteiger partial charge in [0, 0.05) is 6.20 Å². The molecule has 0 spiro atoms. The van der Waals surface area contributed by atoms with E-state index < -0.39 is 5.97 Å². The molecular formula is C13H16N2O2. The van der Waals surface area contributed by atoms with E-state index >= 15 is 0 Å². The molecule has 90 valence electrons. The number of benzene rings is 1. The molecule has 3 N–H and O–H groups in total. The molecule has 0 aliphatic carbocycles. The Bertz CT molecular complexity index is 448. The summed E-state index contributed by atoms with van der Waals surface area (Å²) in [5.41, 5.74) is 6.58. The van der Waals surface area contributed by atoms with E-state index in [1.807, 2.05) is 44.2 Å². The van der Waals surface area contributed by atoms with Crippen LogP contribution in [-0.4, -0.2) is 16.8 Å². The average Bonchev–Trinajstić information content (AvgIpc) is 2.29. The molecule has 1 aromatic carbocycles. The third-order valence-corrected chi connectivity index (χ3v) is 2.23. The van der Waals surface area contributed by atoms with Gasteiger partial charge < -0.3 is 10.8 Å². The van der Waals surface area contributed by atoms with E-state index in [1.165, 1.54) is 0 Å². The fraction of sp³-hybridized carbons (Fsp3) is 0.231. The van der Waals surface area contributed by atoms with E-state index in [2.05, 4.69) is 4.99 Å². The third kappa shape index (κ3) is 3.45. The van der Waals surface area contributed by atoms with Crippen LogP contribution < -0.4 is 5.73 Å². The van der Waals surface area contributed by atoms with Gasteiger partial charge in [-0.15, -0.1) is 0 Å². The summed E-state index contributed by atoms with van der Waals surface area (Å²) in [5.74, 6) is -1.07. The Hall–Kier alpha value is -2.10. The number of aliphatic imine (C=N–C) groups is 1. The standard InChI is InChI=1S/C13H16N2O2/c1-9(2)12(11(8-14)13(16)17)15-10-6-4-3-5-7-10/h3-9H,14H2,1-2H3,(H,16,17). The number of hydrogen-bond donors (Lipinski definition) is 2. The van der Waals surface area contributed by atoms with E-state index in [-0.39, 0.29) is 11.5 Å². The van der Waals surface area contributed by atoms with Crippen LogP contribution in [-0.2, 0) is 4.79 Å². The van der Waals surface area contributed by atoms with Crippen molar-refractivity contribution in [1.29, 1.82) is 0 Å². The van der Waals surface area contributed by atoms with Crippen molar-refractivity contribution >= 4 is 17.4 Å². The first-order valence-corrected chi connectivity index (χ1v) is 5.35. The molecule has 0 aliphatic heterocycles. The number of para-hydroxylation sites is 1. The van der Waals surface area contributed by atoms with Crippen molar-refractivity contribution in [3.05, 3.63) is 42.1 Å². The second-order valence-corrected chi connectivity index (χ2v) is 3.87. The zero-order valence-electron chi connectivity index (χ0n) is 9.92. The van der Waals surface area contributed by atoms with E-state index in [0.29, 0.717) is 5.71 Å². The molecule has 0 heterocycles. The first-order valence-electron chi connectivity index (χ1n) is 5.35. The Balaban J connectivity index is 3.19. The van der Waals surface area contributed by atoms with Crippen LogP contribution in [0.4, 0.5) is 5.69 Å². The number of carbonyl (C=O) groups is 1. The molecule has 0 fully saturated rings. The third-order valence-electron chi connectivity index (χ3n) is 2.23. The molecule has 0 saturated carbocycles. The van der Waals surface area contributed by atoms with Crippen LogP contribution in [0.3, 0.4) is 0 Å². The monoisotopic (exact) mass is 232 g/mol. The van der Waals surface area contributed by atoms with Gasteiger partial charge in [0.15, 0.2) is 0 Å². The summed E-state index contributed by atoms with van der Waals surface area (Å²) < 4.78 is 0. The maximum atomic E-state index is 11.0. The zero-order valence-corrected chi connectivity index (χ0v) is 9.92. The molecule has 0 aromatic heterocycles. The van der Waals surface area contributed by atoms with Gasteiger partial charge in [-0.3, -0.25) is 4.99 Å². The normalized spacial score (nSPS) is 12.9. The van der Waals surface area contributed by atoms with Crippen molar-refractivity contribution in [2.24, 2.45) is 16.6 Å². The first kappa shape index (κ1) is 13.0. The molecule has 0 atom stereocenters. The average molecular weight is 232 g/mol. The maximum absolute atomic E-state index is 11.0. The van der Waals surface area contributed by atoms with Gasteiger partial charge in [0.05, 0.1) is 17.0 Å². The van der Waals surface area contributed by atoms with Crippen molar-refractivity contribution in [2.75, 3.05) is 0 Å². The molecular weight excluding hydrogens is 216 g/mol. The Labute approximate surface area is 100 Å². The lowest BCUT2D eigenvalue weighted by atomic mass is 10.0. The lowest BCUT2D eigenvalue weighted by Crippen LogP contribution is -2.19. The van der Waals surface area contributed by atoms with Crippen molar-refractivity contribution in [2.45, 2.75) is 13.8 Å². The Kier molecular flexibility index (Phi) is 4.46. The predicted octanol–water partition coefficient (Wildman–Crippen LogP) is 2.34. The van der Waals surface area contributed by atoms with Crippen LogP contribution >= 0.6 is 0 Å². The number of hydrogen-bond acceptors (Lipinski definition) is 3. The van der Waals surface area contributed by atoms with Gasteiger partial charge in [-0.05, 0) is 18.1 Å². The minimum absolute atomic E-state index is 0.0129. The minimum atomic E-state index is -1.06. The zero-order chi connectivity index (χ0) is 12.8. The largest absolute Gasteiger partial charge is 0.478 e. The molecule has 0 aliphatic rings. The van der Waals surface area contributed by atoms with Gasteiger partial charge in [-0.1, -0.05) is 32.0 Å². The molecule has 0 bridgehead atoms. The van der Waals surface area contributed by atoms with E-state index in [4.69, 9.17) is 10.8 Å². The van der Waals surface area contributed by atoms with Crippen LogP contribution in [0.15, 0.2) is 47.1 Å². The molecule has 1 aromatic rings. The molecule has 0 radical (unpaired) electrons. The Morgan fingerprint density at radius 2 is 1.94 bits per heavy atom. The minimum Gasteiger partial charge on any atom is -0.478 e. The summed E-state index contributed by atoms with van der Waals surface area (Å²) >= 11 is 0. The van der Waals surface area contributed by atoms with E-state index in [0.717, 1.165) is 11.9 Å². The molecule has 0 saturated heterocycles. The Morgan fingerprint density at radius 1 is 1.35 bits per heavy atom. The number of aliphatic carboxylic acids is 1. The van der Waals surface area contributed by atoms with E-state index in [9.17, 15) is 4.79 Å². The summed E-state index contributed by atoms with van der Waals surface area (Å²) in [6.07, 6.45) is 1.09. The first-order chi connectivity index (χ1) is 8.06. The molecule has 0 amide bonds. The molecule has 4 heteroatoms. The van der Waals surface area contributed by atoms with Crippen LogP contribution in [0.2, 0.25) is 0 Å². The highest BCUT2D eigenvalue weighted by Gasteiger charge is 2.17. The maximum Gasteiger partial charge on any atom is 0.339 e.